The standard InChI is InChI=1S/C13H17FN2S/c1-3-10-6-7-17-13(15-10)16-11-5-4-9(2)12(14)8-11/h4-5,8,10H,3,6-7H2,1-2H3,(H,15,16). The fourth-order valence-electron chi connectivity index (χ4n) is 1.72. The van der Waals surface area contributed by atoms with E-state index in [2.05, 4.69) is 17.2 Å². The lowest BCUT2D eigenvalue weighted by atomic mass is 10.2. The molecule has 0 spiro atoms. The van der Waals surface area contributed by atoms with Gasteiger partial charge in [-0.3, -0.25) is 4.99 Å². The molecule has 1 aliphatic rings. The highest BCUT2D eigenvalue weighted by Gasteiger charge is 2.14. The van der Waals surface area contributed by atoms with Gasteiger partial charge >= 0.3 is 0 Å². The molecule has 0 radical (unpaired) electrons. The van der Waals surface area contributed by atoms with Crippen molar-refractivity contribution in [2.75, 3.05) is 11.1 Å². The van der Waals surface area contributed by atoms with Crippen LogP contribution in [0.3, 0.4) is 0 Å². The Morgan fingerprint density at radius 3 is 3.06 bits per heavy atom. The van der Waals surface area contributed by atoms with Crippen LogP contribution in [0.5, 0.6) is 0 Å². The van der Waals surface area contributed by atoms with E-state index < -0.39 is 0 Å². The van der Waals surface area contributed by atoms with Gasteiger partial charge in [-0.15, -0.1) is 0 Å². The van der Waals surface area contributed by atoms with E-state index in [9.17, 15) is 4.39 Å². The zero-order valence-corrected chi connectivity index (χ0v) is 11.0. The lowest BCUT2D eigenvalue weighted by Gasteiger charge is -2.19. The van der Waals surface area contributed by atoms with Crippen molar-refractivity contribution < 1.29 is 4.39 Å². The number of aliphatic imine (C=N–C) groups is 1. The second-order valence-corrected chi connectivity index (χ2v) is 5.31. The fraction of sp³-hybridized carbons (Fsp3) is 0.462. The first kappa shape index (κ1) is 12.4. The van der Waals surface area contributed by atoms with E-state index in [0.29, 0.717) is 11.6 Å². The molecule has 2 nitrogen and oxygen atoms in total. The summed E-state index contributed by atoms with van der Waals surface area (Å²) in [6.07, 6.45) is 2.20. The van der Waals surface area contributed by atoms with E-state index in [1.54, 1.807) is 24.8 Å². The number of thioether (sulfide) groups is 1. The molecule has 17 heavy (non-hydrogen) atoms. The maximum atomic E-state index is 13.4. The fourth-order valence-corrected chi connectivity index (χ4v) is 2.71. The van der Waals surface area contributed by atoms with Gasteiger partial charge in [0.25, 0.3) is 0 Å². The molecule has 0 saturated heterocycles. The number of halogens is 1. The van der Waals surface area contributed by atoms with Gasteiger partial charge in [0.2, 0.25) is 0 Å². The summed E-state index contributed by atoms with van der Waals surface area (Å²) in [6, 6.07) is 5.60. The van der Waals surface area contributed by atoms with Gasteiger partial charge in [-0.25, -0.2) is 4.39 Å². The third-order valence-electron chi connectivity index (χ3n) is 2.88. The summed E-state index contributed by atoms with van der Waals surface area (Å²) in [4.78, 5) is 4.59. The number of aryl methyl sites for hydroxylation is 1. The van der Waals surface area contributed by atoms with Crippen molar-refractivity contribution in [3.05, 3.63) is 29.6 Å². The molecular formula is C13H17FN2S. The molecule has 1 aliphatic heterocycles. The van der Waals surface area contributed by atoms with Crippen molar-refractivity contribution in [3.63, 3.8) is 0 Å². The lowest BCUT2D eigenvalue weighted by molar-refractivity contribution is 0.619. The molecule has 0 saturated carbocycles. The van der Waals surface area contributed by atoms with Crippen LogP contribution < -0.4 is 5.32 Å². The van der Waals surface area contributed by atoms with E-state index in [0.717, 1.165) is 29.4 Å². The monoisotopic (exact) mass is 252 g/mol. The van der Waals surface area contributed by atoms with Gasteiger partial charge in [0.15, 0.2) is 5.17 Å². The van der Waals surface area contributed by atoms with Crippen molar-refractivity contribution in [1.82, 2.24) is 0 Å². The predicted molar refractivity (Wildman–Crippen MR) is 73.3 cm³/mol. The summed E-state index contributed by atoms with van der Waals surface area (Å²) in [6.45, 7) is 3.91. The van der Waals surface area contributed by atoms with Gasteiger partial charge in [-0.1, -0.05) is 24.8 Å². The normalized spacial score (nSPS) is 19.9. The highest BCUT2D eigenvalue weighted by Crippen LogP contribution is 2.22. The zero-order chi connectivity index (χ0) is 12.3. The Balaban J connectivity index is 2.09. The highest BCUT2D eigenvalue weighted by molar-refractivity contribution is 8.14. The largest absolute Gasteiger partial charge is 0.335 e. The minimum absolute atomic E-state index is 0.177. The maximum absolute atomic E-state index is 13.4. The minimum Gasteiger partial charge on any atom is -0.335 e. The number of nitrogens with one attached hydrogen (secondary N) is 1. The molecule has 0 fully saturated rings. The van der Waals surface area contributed by atoms with Crippen molar-refractivity contribution in [3.8, 4) is 0 Å². The maximum Gasteiger partial charge on any atom is 0.161 e. The van der Waals surface area contributed by atoms with Crippen LogP contribution in [0.15, 0.2) is 23.2 Å². The molecular weight excluding hydrogens is 235 g/mol. The van der Waals surface area contributed by atoms with Crippen molar-refractivity contribution in [1.29, 1.82) is 0 Å². The molecule has 1 unspecified atom stereocenters. The number of nitrogens with zero attached hydrogens (tertiary/aromatic N) is 1. The van der Waals surface area contributed by atoms with Crippen LogP contribution in [-0.2, 0) is 0 Å². The number of amidine groups is 1. The average Bonchev–Trinajstić information content (AvgIpc) is 2.34. The molecule has 0 amide bonds. The Hall–Kier alpha value is -1.03. The summed E-state index contributed by atoms with van der Waals surface area (Å²) in [5, 5.41) is 4.09. The zero-order valence-electron chi connectivity index (χ0n) is 10.2. The smallest absolute Gasteiger partial charge is 0.161 e. The first-order valence-electron chi connectivity index (χ1n) is 5.93. The van der Waals surface area contributed by atoms with Crippen LogP contribution >= 0.6 is 11.8 Å². The van der Waals surface area contributed by atoms with E-state index in [1.807, 2.05) is 6.07 Å². The van der Waals surface area contributed by atoms with E-state index in [4.69, 9.17) is 0 Å². The van der Waals surface area contributed by atoms with Crippen molar-refractivity contribution >= 4 is 22.6 Å². The number of hydrogen-bond donors (Lipinski definition) is 1. The van der Waals surface area contributed by atoms with Gasteiger partial charge in [-0.05, 0) is 37.5 Å². The van der Waals surface area contributed by atoms with Crippen LogP contribution in [-0.4, -0.2) is 17.0 Å². The summed E-state index contributed by atoms with van der Waals surface area (Å²) >= 11 is 1.70. The Bertz CT molecular complexity index is 431. The first-order chi connectivity index (χ1) is 8.19. The number of benzene rings is 1. The number of hydrogen-bond acceptors (Lipinski definition) is 3. The summed E-state index contributed by atoms with van der Waals surface area (Å²) in [5.41, 5.74) is 1.44. The molecule has 0 aromatic heterocycles. The van der Waals surface area contributed by atoms with Crippen LogP contribution in [0.25, 0.3) is 0 Å². The molecule has 2 rings (SSSR count). The lowest BCUT2D eigenvalue weighted by Crippen LogP contribution is -2.19. The first-order valence-corrected chi connectivity index (χ1v) is 6.91. The summed E-state index contributed by atoms with van der Waals surface area (Å²) in [5.74, 6) is 0.905. The van der Waals surface area contributed by atoms with Gasteiger partial charge in [0, 0.05) is 11.4 Å². The van der Waals surface area contributed by atoms with Gasteiger partial charge < -0.3 is 5.32 Å². The van der Waals surface area contributed by atoms with Gasteiger partial charge in [0.1, 0.15) is 5.82 Å². The van der Waals surface area contributed by atoms with E-state index in [1.165, 1.54) is 6.07 Å². The molecule has 0 aliphatic carbocycles. The highest BCUT2D eigenvalue weighted by atomic mass is 32.2. The predicted octanol–water partition coefficient (Wildman–Crippen LogP) is 3.82. The minimum atomic E-state index is -0.177. The van der Waals surface area contributed by atoms with Crippen molar-refractivity contribution in [2.45, 2.75) is 32.7 Å². The molecule has 1 atom stereocenters. The molecule has 1 aromatic rings. The summed E-state index contributed by atoms with van der Waals surface area (Å²) < 4.78 is 13.4. The van der Waals surface area contributed by atoms with E-state index >= 15 is 0 Å². The third-order valence-corrected chi connectivity index (χ3v) is 3.80. The number of rotatable bonds is 2. The second kappa shape index (κ2) is 5.54. The van der Waals surface area contributed by atoms with Crippen molar-refractivity contribution in [2.24, 2.45) is 4.99 Å². The Morgan fingerprint density at radius 2 is 2.35 bits per heavy atom. The molecule has 92 valence electrons. The molecule has 1 heterocycles. The van der Waals surface area contributed by atoms with E-state index in [-0.39, 0.29) is 5.82 Å². The molecule has 0 bridgehead atoms. The second-order valence-electron chi connectivity index (χ2n) is 4.22. The molecule has 1 N–H and O–H groups in total. The van der Waals surface area contributed by atoms with Crippen LogP contribution in [0.1, 0.15) is 25.3 Å². The summed E-state index contributed by atoms with van der Waals surface area (Å²) in [7, 11) is 0. The van der Waals surface area contributed by atoms with Crippen LogP contribution in [0.2, 0.25) is 0 Å². The van der Waals surface area contributed by atoms with Gasteiger partial charge in [-0.2, -0.15) is 0 Å². The Kier molecular flexibility index (Phi) is 4.05. The van der Waals surface area contributed by atoms with Gasteiger partial charge in [0.05, 0.1) is 6.04 Å². The SMILES string of the molecule is CCC1CCSC(Nc2ccc(C)c(F)c2)=N1. The van der Waals surface area contributed by atoms with Crippen LogP contribution in [0.4, 0.5) is 10.1 Å². The van der Waals surface area contributed by atoms with Crippen LogP contribution in [0, 0.1) is 12.7 Å². The third kappa shape index (κ3) is 3.22. The quantitative estimate of drug-likeness (QED) is 0.865. The Morgan fingerprint density at radius 1 is 1.53 bits per heavy atom. The Labute approximate surface area is 106 Å². The number of anilines is 1. The molecule has 1 aromatic carbocycles. The topological polar surface area (TPSA) is 24.4 Å². The molecule has 4 heteroatoms. The average molecular weight is 252 g/mol.